The van der Waals surface area contributed by atoms with Crippen LogP contribution in [0.5, 0.6) is 0 Å². The number of hydrogen-bond donors (Lipinski definition) is 1. The van der Waals surface area contributed by atoms with Crippen molar-refractivity contribution in [2.75, 3.05) is 5.32 Å². The zero-order chi connectivity index (χ0) is 18.6. The number of nitrogens with one attached hydrogen (secondary N) is 1. The molecule has 0 aliphatic carbocycles. The van der Waals surface area contributed by atoms with Crippen molar-refractivity contribution < 1.29 is 4.79 Å². The lowest BCUT2D eigenvalue weighted by atomic mass is 9.87. The smallest absolute Gasteiger partial charge is 0.224 e. The van der Waals surface area contributed by atoms with Crippen molar-refractivity contribution in [1.82, 2.24) is 9.97 Å². The van der Waals surface area contributed by atoms with E-state index >= 15 is 0 Å². The first-order valence-electron chi connectivity index (χ1n) is 8.67. The van der Waals surface area contributed by atoms with Crippen LogP contribution in [0.4, 0.5) is 5.69 Å². The Bertz CT molecular complexity index is 864. The number of carbonyl (C=O) groups is 1. The molecule has 2 aromatic heterocycles. The van der Waals surface area contributed by atoms with Gasteiger partial charge in [0.2, 0.25) is 5.91 Å². The summed E-state index contributed by atoms with van der Waals surface area (Å²) in [6.45, 7) is 6.53. The third-order valence-electron chi connectivity index (χ3n) is 4.12. The summed E-state index contributed by atoms with van der Waals surface area (Å²) >= 11 is 1.59. The van der Waals surface area contributed by atoms with Crippen LogP contribution in [-0.4, -0.2) is 15.9 Å². The predicted molar refractivity (Wildman–Crippen MR) is 107 cm³/mol. The van der Waals surface area contributed by atoms with E-state index in [1.165, 1.54) is 5.56 Å². The molecule has 0 saturated carbocycles. The van der Waals surface area contributed by atoms with Gasteiger partial charge < -0.3 is 5.32 Å². The highest BCUT2D eigenvalue weighted by Gasteiger charge is 2.13. The topological polar surface area (TPSA) is 54.9 Å². The molecule has 1 aromatic carbocycles. The number of amides is 1. The third kappa shape index (κ3) is 4.76. The van der Waals surface area contributed by atoms with E-state index in [2.05, 4.69) is 48.2 Å². The van der Waals surface area contributed by atoms with Crippen LogP contribution in [0, 0.1) is 0 Å². The van der Waals surface area contributed by atoms with Gasteiger partial charge in [0.1, 0.15) is 5.01 Å². The van der Waals surface area contributed by atoms with Crippen molar-refractivity contribution >= 4 is 22.9 Å². The van der Waals surface area contributed by atoms with Crippen LogP contribution in [0.15, 0.2) is 54.2 Å². The summed E-state index contributed by atoms with van der Waals surface area (Å²) in [6.07, 6.45) is 4.57. The van der Waals surface area contributed by atoms with Gasteiger partial charge >= 0.3 is 0 Å². The molecule has 2 heterocycles. The standard InChI is InChI=1S/C21H23N3OS/c1-21(2,3)16-4-6-17(7-5-16)23-19(25)9-8-18-14-26-20(24-18)15-10-12-22-13-11-15/h4-7,10-14H,8-9H2,1-3H3,(H,23,25). The van der Waals surface area contributed by atoms with Crippen molar-refractivity contribution in [3.05, 3.63) is 65.4 Å². The molecule has 0 unspecified atom stereocenters. The fourth-order valence-corrected chi connectivity index (χ4v) is 3.43. The molecule has 3 aromatic rings. The zero-order valence-corrected chi connectivity index (χ0v) is 16.1. The van der Waals surface area contributed by atoms with E-state index in [9.17, 15) is 4.79 Å². The van der Waals surface area contributed by atoms with Crippen LogP contribution in [0.25, 0.3) is 10.6 Å². The highest BCUT2D eigenvalue weighted by molar-refractivity contribution is 7.13. The van der Waals surface area contributed by atoms with Gasteiger partial charge in [0.25, 0.3) is 0 Å². The Balaban J connectivity index is 1.54. The summed E-state index contributed by atoms with van der Waals surface area (Å²) in [6, 6.07) is 11.9. The molecule has 0 spiro atoms. The van der Waals surface area contributed by atoms with E-state index in [1.54, 1.807) is 23.7 Å². The number of hydrogen-bond acceptors (Lipinski definition) is 4. The van der Waals surface area contributed by atoms with Crippen molar-refractivity contribution in [2.45, 2.75) is 39.0 Å². The molecule has 0 bridgehead atoms. The average Bonchev–Trinajstić information content (AvgIpc) is 3.09. The van der Waals surface area contributed by atoms with Crippen LogP contribution in [0.2, 0.25) is 0 Å². The SMILES string of the molecule is CC(C)(C)c1ccc(NC(=O)CCc2csc(-c3ccncc3)n2)cc1. The summed E-state index contributed by atoms with van der Waals surface area (Å²) < 4.78 is 0. The van der Waals surface area contributed by atoms with E-state index in [0.29, 0.717) is 12.8 Å². The molecule has 0 atom stereocenters. The van der Waals surface area contributed by atoms with Crippen LogP contribution >= 0.6 is 11.3 Å². The summed E-state index contributed by atoms with van der Waals surface area (Å²) in [4.78, 5) is 20.8. The minimum absolute atomic E-state index is 0.00645. The van der Waals surface area contributed by atoms with Gasteiger partial charge in [0, 0.05) is 35.4 Å². The lowest BCUT2D eigenvalue weighted by molar-refractivity contribution is -0.116. The van der Waals surface area contributed by atoms with E-state index < -0.39 is 0 Å². The van der Waals surface area contributed by atoms with Gasteiger partial charge in [-0.15, -0.1) is 11.3 Å². The highest BCUT2D eigenvalue weighted by Crippen LogP contribution is 2.24. The minimum atomic E-state index is 0.00645. The second-order valence-corrected chi connectivity index (χ2v) is 8.11. The second-order valence-electron chi connectivity index (χ2n) is 7.26. The molecule has 4 nitrogen and oxygen atoms in total. The molecule has 0 fully saturated rings. The van der Waals surface area contributed by atoms with Crippen molar-refractivity contribution in [3.8, 4) is 10.6 Å². The van der Waals surface area contributed by atoms with Gasteiger partial charge in [-0.3, -0.25) is 9.78 Å². The number of aromatic nitrogens is 2. The summed E-state index contributed by atoms with van der Waals surface area (Å²) in [5.74, 6) is 0.00645. The maximum atomic E-state index is 12.2. The molecular weight excluding hydrogens is 342 g/mol. The molecule has 1 amide bonds. The monoisotopic (exact) mass is 365 g/mol. The van der Waals surface area contributed by atoms with E-state index in [0.717, 1.165) is 22.0 Å². The number of thiazole rings is 1. The number of pyridine rings is 1. The molecule has 26 heavy (non-hydrogen) atoms. The lowest BCUT2D eigenvalue weighted by Gasteiger charge is -2.19. The van der Waals surface area contributed by atoms with Crippen molar-refractivity contribution in [3.63, 3.8) is 0 Å². The van der Waals surface area contributed by atoms with E-state index in [4.69, 9.17) is 0 Å². The molecule has 0 saturated heterocycles. The second kappa shape index (κ2) is 7.79. The Kier molecular flexibility index (Phi) is 5.47. The van der Waals surface area contributed by atoms with Gasteiger partial charge in [0.05, 0.1) is 5.69 Å². The van der Waals surface area contributed by atoms with Gasteiger partial charge in [-0.05, 0) is 41.7 Å². The average molecular weight is 366 g/mol. The number of nitrogens with zero attached hydrogens (tertiary/aromatic N) is 2. The molecule has 1 N–H and O–H groups in total. The molecule has 3 rings (SSSR count). The van der Waals surface area contributed by atoms with Crippen LogP contribution in [0.3, 0.4) is 0 Å². The minimum Gasteiger partial charge on any atom is -0.326 e. The van der Waals surface area contributed by atoms with Crippen LogP contribution < -0.4 is 5.32 Å². The summed E-state index contributed by atoms with van der Waals surface area (Å²) in [7, 11) is 0. The molecular formula is C21H23N3OS. The number of anilines is 1. The van der Waals surface area contributed by atoms with Crippen LogP contribution in [0.1, 0.15) is 38.4 Å². The first kappa shape index (κ1) is 18.3. The fourth-order valence-electron chi connectivity index (χ4n) is 2.57. The summed E-state index contributed by atoms with van der Waals surface area (Å²) in [5, 5.41) is 5.93. The Morgan fingerprint density at radius 3 is 2.42 bits per heavy atom. The van der Waals surface area contributed by atoms with Gasteiger partial charge in [-0.25, -0.2) is 4.98 Å². The van der Waals surface area contributed by atoms with E-state index in [-0.39, 0.29) is 11.3 Å². The first-order chi connectivity index (χ1) is 12.4. The Hall–Kier alpha value is -2.53. The molecule has 0 aliphatic heterocycles. The van der Waals surface area contributed by atoms with Gasteiger partial charge in [-0.1, -0.05) is 32.9 Å². The third-order valence-corrected chi connectivity index (χ3v) is 5.06. The Morgan fingerprint density at radius 1 is 1.08 bits per heavy atom. The van der Waals surface area contributed by atoms with Gasteiger partial charge in [0.15, 0.2) is 0 Å². The Morgan fingerprint density at radius 2 is 1.77 bits per heavy atom. The maximum Gasteiger partial charge on any atom is 0.224 e. The predicted octanol–water partition coefficient (Wildman–Crippen LogP) is 5.07. The number of aryl methyl sites for hydroxylation is 1. The largest absolute Gasteiger partial charge is 0.326 e. The fraction of sp³-hybridized carbons (Fsp3) is 0.286. The first-order valence-corrected chi connectivity index (χ1v) is 9.55. The number of benzene rings is 1. The van der Waals surface area contributed by atoms with Gasteiger partial charge in [-0.2, -0.15) is 0 Å². The zero-order valence-electron chi connectivity index (χ0n) is 15.3. The van der Waals surface area contributed by atoms with Crippen molar-refractivity contribution in [2.24, 2.45) is 0 Å². The molecule has 5 heteroatoms. The van der Waals surface area contributed by atoms with Crippen LogP contribution in [-0.2, 0) is 16.6 Å². The number of carbonyl (C=O) groups excluding carboxylic acids is 1. The lowest BCUT2D eigenvalue weighted by Crippen LogP contribution is -2.14. The molecule has 0 radical (unpaired) electrons. The maximum absolute atomic E-state index is 12.2. The highest BCUT2D eigenvalue weighted by atomic mass is 32.1. The van der Waals surface area contributed by atoms with Crippen molar-refractivity contribution in [1.29, 1.82) is 0 Å². The quantitative estimate of drug-likeness (QED) is 0.686. The molecule has 0 aliphatic rings. The van der Waals surface area contributed by atoms with E-state index in [1.807, 2.05) is 29.6 Å². The number of rotatable bonds is 5. The molecule has 134 valence electrons. The summed E-state index contributed by atoms with van der Waals surface area (Å²) in [5.41, 5.74) is 4.19. The normalized spacial score (nSPS) is 11.3. The Labute approximate surface area is 158 Å².